The first kappa shape index (κ1) is 21.8. The number of esters is 1. The van der Waals surface area contributed by atoms with Gasteiger partial charge in [0.25, 0.3) is 5.91 Å². The highest BCUT2D eigenvalue weighted by atomic mass is 16.6. The number of rotatable bonds is 8. The Morgan fingerprint density at radius 1 is 1.19 bits per heavy atom. The zero-order valence-electron chi connectivity index (χ0n) is 17.8. The van der Waals surface area contributed by atoms with E-state index in [-0.39, 0.29) is 18.1 Å². The number of amides is 1. The molecule has 1 N–H and O–H groups in total. The van der Waals surface area contributed by atoms with Crippen molar-refractivity contribution in [2.45, 2.75) is 26.9 Å². The van der Waals surface area contributed by atoms with Crippen LogP contribution in [0.15, 0.2) is 67.4 Å². The summed E-state index contributed by atoms with van der Waals surface area (Å²) in [7, 11) is 0. The maximum absolute atomic E-state index is 12.8. The molecule has 31 heavy (non-hydrogen) atoms. The Kier molecular flexibility index (Phi) is 6.87. The number of nitrogens with one attached hydrogen (secondary N) is 1. The van der Waals surface area contributed by atoms with Crippen molar-refractivity contribution in [2.75, 3.05) is 11.9 Å². The van der Waals surface area contributed by atoms with Gasteiger partial charge in [0.15, 0.2) is 11.9 Å². The molecule has 2 aromatic carbocycles. The lowest BCUT2D eigenvalue weighted by molar-refractivity contribution is -0.123. The topological polar surface area (TPSA) is 82.5 Å². The van der Waals surface area contributed by atoms with E-state index in [0.717, 1.165) is 16.8 Å². The van der Waals surface area contributed by atoms with Crippen LogP contribution in [0.3, 0.4) is 0 Å². The fourth-order valence-electron chi connectivity index (χ4n) is 2.84. The summed E-state index contributed by atoms with van der Waals surface area (Å²) in [5.41, 5.74) is 3.35. The van der Waals surface area contributed by atoms with Crippen LogP contribution in [0.2, 0.25) is 0 Å². The van der Waals surface area contributed by atoms with Gasteiger partial charge in [-0.2, -0.15) is 5.10 Å². The lowest BCUT2D eigenvalue weighted by Gasteiger charge is -2.15. The maximum Gasteiger partial charge on any atom is 0.363 e. The minimum absolute atomic E-state index is 0.0166. The Morgan fingerprint density at radius 3 is 2.65 bits per heavy atom. The summed E-state index contributed by atoms with van der Waals surface area (Å²) >= 11 is 0. The predicted octanol–water partition coefficient (Wildman–Crippen LogP) is 4.24. The minimum Gasteiger partial charge on any atom is -0.485 e. The van der Waals surface area contributed by atoms with Gasteiger partial charge in [0.1, 0.15) is 6.61 Å². The molecule has 3 aromatic rings. The predicted molar refractivity (Wildman–Crippen MR) is 119 cm³/mol. The third-order valence-corrected chi connectivity index (χ3v) is 4.56. The van der Waals surface area contributed by atoms with Crippen LogP contribution >= 0.6 is 0 Å². The molecule has 160 valence electrons. The first-order chi connectivity index (χ1) is 14.9. The summed E-state index contributed by atoms with van der Waals surface area (Å²) in [6.07, 6.45) is 2.13. The molecule has 7 heteroatoms. The van der Waals surface area contributed by atoms with Gasteiger partial charge in [-0.3, -0.25) is 4.79 Å². The third kappa shape index (κ3) is 5.39. The average Bonchev–Trinajstić information content (AvgIpc) is 3.19. The highest BCUT2D eigenvalue weighted by Crippen LogP contribution is 2.22. The van der Waals surface area contributed by atoms with Crippen molar-refractivity contribution in [1.82, 2.24) is 9.78 Å². The van der Waals surface area contributed by atoms with Crippen LogP contribution in [0.25, 0.3) is 5.69 Å². The molecule has 0 aliphatic carbocycles. The van der Waals surface area contributed by atoms with E-state index >= 15 is 0 Å². The van der Waals surface area contributed by atoms with E-state index in [1.54, 1.807) is 12.3 Å². The molecule has 0 bridgehead atoms. The standard InChI is InChI=1S/C24H25N3O4/c1-5-13-30-21-15-27(19-9-7-6-8-10-19)26-22(21)24(29)31-18(4)23(28)25-20-14-16(2)11-12-17(20)3/h5-12,14-15,18H,1,13H2,2-4H3,(H,25,28). The lowest BCUT2D eigenvalue weighted by Crippen LogP contribution is -2.30. The van der Waals surface area contributed by atoms with Crippen LogP contribution in [0.1, 0.15) is 28.5 Å². The first-order valence-electron chi connectivity index (χ1n) is 9.87. The monoisotopic (exact) mass is 419 g/mol. The Morgan fingerprint density at radius 2 is 1.94 bits per heavy atom. The molecule has 0 saturated heterocycles. The summed E-state index contributed by atoms with van der Waals surface area (Å²) < 4.78 is 12.5. The molecule has 3 rings (SSSR count). The van der Waals surface area contributed by atoms with Crippen LogP contribution in [-0.2, 0) is 9.53 Å². The van der Waals surface area contributed by atoms with Gasteiger partial charge in [0.2, 0.25) is 5.69 Å². The second kappa shape index (κ2) is 9.75. The highest BCUT2D eigenvalue weighted by Gasteiger charge is 2.25. The number of hydrogen-bond donors (Lipinski definition) is 1. The Balaban J connectivity index is 1.76. The van der Waals surface area contributed by atoms with Crippen LogP contribution in [0.5, 0.6) is 5.75 Å². The molecule has 1 aromatic heterocycles. The van der Waals surface area contributed by atoms with Gasteiger partial charge >= 0.3 is 5.97 Å². The summed E-state index contributed by atoms with van der Waals surface area (Å²) in [6, 6.07) is 15.0. The molecule has 1 heterocycles. The quantitative estimate of drug-likeness (QED) is 0.436. The van der Waals surface area contributed by atoms with Crippen molar-refractivity contribution >= 4 is 17.6 Å². The number of ether oxygens (including phenoxy) is 2. The van der Waals surface area contributed by atoms with Gasteiger partial charge in [-0.05, 0) is 50.1 Å². The highest BCUT2D eigenvalue weighted by molar-refractivity contribution is 5.98. The SMILES string of the molecule is C=CCOc1cn(-c2ccccc2)nc1C(=O)OC(C)C(=O)Nc1cc(C)ccc1C. The van der Waals surface area contributed by atoms with E-state index in [9.17, 15) is 9.59 Å². The minimum atomic E-state index is -1.03. The van der Waals surface area contributed by atoms with E-state index < -0.39 is 18.0 Å². The second-order valence-electron chi connectivity index (χ2n) is 7.08. The molecule has 1 amide bonds. The summed E-state index contributed by atoms with van der Waals surface area (Å²) in [6.45, 7) is 9.16. The van der Waals surface area contributed by atoms with Crippen molar-refractivity contribution in [3.63, 3.8) is 0 Å². The van der Waals surface area contributed by atoms with Gasteiger partial charge < -0.3 is 14.8 Å². The van der Waals surface area contributed by atoms with Crippen molar-refractivity contribution < 1.29 is 19.1 Å². The zero-order valence-corrected chi connectivity index (χ0v) is 17.8. The molecule has 0 radical (unpaired) electrons. The summed E-state index contributed by atoms with van der Waals surface area (Å²) in [4.78, 5) is 25.3. The molecule has 0 fully saturated rings. The molecule has 7 nitrogen and oxygen atoms in total. The molecule has 0 spiro atoms. The number of carbonyl (C=O) groups excluding carboxylic acids is 2. The van der Waals surface area contributed by atoms with Gasteiger partial charge in [0, 0.05) is 5.69 Å². The number of para-hydroxylation sites is 1. The van der Waals surface area contributed by atoms with Crippen LogP contribution < -0.4 is 10.1 Å². The zero-order chi connectivity index (χ0) is 22.4. The second-order valence-corrected chi connectivity index (χ2v) is 7.08. The molecule has 1 atom stereocenters. The Labute approximate surface area is 181 Å². The van der Waals surface area contributed by atoms with Crippen molar-refractivity contribution in [2.24, 2.45) is 0 Å². The van der Waals surface area contributed by atoms with Crippen molar-refractivity contribution in [3.05, 3.63) is 84.2 Å². The van der Waals surface area contributed by atoms with E-state index in [1.807, 2.05) is 62.4 Å². The third-order valence-electron chi connectivity index (χ3n) is 4.56. The number of aromatic nitrogens is 2. The van der Waals surface area contributed by atoms with E-state index in [0.29, 0.717) is 5.69 Å². The average molecular weight is 419 g/mol. The van der Waals surface area contributed by atoms with Crippen molar-refractivity contribution in [3.8, 4) is 11.4 Å². The smallest absolute Gasteiger partial charge is 0.363 e. The molecular formula is C24H25N3O4. The normalized spacial score (nSPS) is 11.5. The van der Waals surface area contributed by atoms with E-state index in [1.165, 1.54) is 11.6 Å². The van der Waals surface area contributed by atoms with Crippen LogP contribution in [0.4, 0.5) is 5.69 Å². The number of nitrogens with zero attached hydrogens (tertiary/aromatic N) is 2. The summed E-state index contributed by atoms with van der Waals surface area (Å²) in [5, 5.41) is 7.11. The molecule has 0 aliphatic heterocycles. The number of aryl methyl sites for hydroxylation is 2. The molecule has 0 aliphatic rings. The Hall–Kier alpha value is -3.87. The summed E-state index contributed by atoms with van der Waals surface area (Å²) in [5.74, 6) is -0.939. The number of hydrogen-bond acceptors (Lipinski definition) is 5. The first-order valence-corrected chi connectivity index (χ1v) is 9.87. The number of carbonyl (C=O) groups is 2. The van der Waals surface area contributed by atoms with Crippen molar-refractivity contribution in [1.29, 1.82) is 0 Å². The molecule has 1 unspecified atom stereocenters. The lowest BCUT2D eigenvalue weighted by atomic mass is 10.1. The van der Waals surface area contributed by atoms with Gasteiger partial charge in [0.05, 0.1) is 11.9 Å². The number of anilines is 1. The maximum atomic E-state index is 12.8. The molecular weight excluding hydrogens is 394 g/mol. The fourth-order valence-corrected chi connectivity index (χ4v) is 2.84. The van der Waals surface area contributed by atoms with Crippen LogP contribution in [0, 0.1) is 13.8 Å². The largest absolute Gasteiger partial charge is 0.485 e. The van der Waals surface area contributed by atoms with E-state index in [4.69, 9.17) is 9.47 Å². The Bertz CT molecular complexity index is 1090. The fraction of sp³-hybridized carbons (Fsp3) is 0.208. The molecule has 0 saturated carbocycles. The van der Waals surface area contributed by atoms with Gasteiger partial charge in [-0.1, -0.05) is 43.0 Å². The van der Waals surface area contributed by atoms with Gasteiger partial charge in [-0.25, -0.2) is 9.48 Å². The van der Waals surface area contributed by atoms with E-state index in [2.05, 4.69) is 17.0 Å². The van der Waals surface area contributed by atoms with Gasteiger partial charge in [-0.15, -0.1) is 0 Å². The van der Waals surface area contributed by atoms with Crippen LogP contribution in [-0.4, -0.2) is 34.4 Å². The number of benzene rings is 2.